The predicted molar refractivity (Wildman–Crippen MR) is 130 cm³/mol. The second-order valence-corrected chi connectivity index (χ2v) is 10.9. The number of fused-ring (bicyclic) bond motifs is 1. The summed E-state index contributed by atoms with van der Waals surface area (Å²) in [6.07, 6.45) is 0.604. The van der Waals surface area contributed by atoms with E-state index in [2.05, 4.69) is 15.4 Å². The molecule has 3 amide bonds. The first-order valence-corrected chi connectivity index (χ1v) is 12.5. The summed E-state index contributed by atoms with van der Waals surface area (Å²) in [7, 11) is -3.76. The van der Waals surface area contributed by atoms with Gasteiger partial charge in [-0.2, -0.15) is 0 Å². The van der Waals surface area contributed by atoms with Crippen molar-refractivity contribution >= 4 is 39.1 Å². The van der Waals surface area contributed by atoms with Crippen LogP contribution in [0.4, 0.5) is 11.4 Å². The Balaban J connectivity index is 1.51. The van der Waals surface area contributed by atoms with Crippen LogP contribution < -0.4 is 20.3 Å². The molecule has 2 aromatic rings. The zero-order chi connectivity index (χ0) is 25.1. The monoisotopic (exact) mass is 486 g/mol. The first-order valence-electron chi connectivity index (χ1n) is 11.0. The van der Waals surface area contributed by atoms with Gasteiger partial charge >= 0.3 is 0 Å². The van der Waals surface area contributed by atoms with Gasteiger partial charge in [-0.1, -0.05) is 20.8 Å². The van der Waals surface area contributed by atoms with Crippen LogP contribution in [-0.4, -0.2) is 45.8 Å². The minimum Gasteiger partial charge on any atom is -0.351 e. The zero-order valence-electron chi connectivity index (χ0n) is 19.8. The minimum atomic E-state index is -3.76. The van der Waals surface area contributed by atoms with Gasteiger partial charge < -0.3 is 15.5 Å². The van der Waals surface area contributed by atoms with E-state index >= 15 is 0 Å². The lowest BCUT2D eigenvalue weighted by molar-refractivity contribution is -0.123. The van der Waals surface area contributed by atoms with Crippen LogP contribution in [-0.2, 0) is 26.0 Å². The van der Waals surface area contributed by atoms with Gasteiger partial charge in [0.2, 0.25) is 21.8 Å². The Bertz CT molecular complexity index is 1200. The van der Waals surface area contributed by atoms with E-state index in [0.717, 1.165) is 11.3 Å². The van der Waals surface area contributed by atoms with Gasteiger partial charge in [-0.3, -0.25) is 14.4 Å². The third kappa shape index (κ3) is 6.00. The number of benzene rings is 2. The van der Waals surface area contributed by atoms with Gasteiger partial charge in [0.25, 0.3) is 5.91 Å². The first-order chi connectivity index (χ1) is 15.9. The maximum atomic E-state index is 12.6. The van der Waals surface area contributed by atoms with E-state index in [1.165, 1.54) is 13.0 Å². The number of carbonyl (C=O) groups excluding carboxylic acids is 3. The molecule has 0 radical (unpaired) electrons. The maximum absolute atomic E-state index is 12.6. The lowest BCUT2D eigenvalue weighted by Crippen LogP contribution is -2.34. The Morgan fingerprint density at radius 3 is 2.29 bits per heavy atom. The zero-order valence-corrected chi connectivity index (χ0v) is 20.6. The second kappa shape index (κ2) is 9.94. The summed E-state index contributed by atoms with van der Waals surface area (Å²) in [5.41, 5.74) is 2.00. The summed E-state index contributed by atoms with van der Waals surface area (Å²) in [5, 5.41) is 5.46. The number of hydrogen-bond donors (Lipinski definition) is 3. The highest BCUT2D eigenvalue weighted by molar-refractivity contribution is 7.89. The lowest BCUT2D eigenvalue weighted by atomic mass is 9.95. The van der Waals surface area contributed by atoms with Crippen LogP contribution in [0, 0.1) is 5.41 Å². The molecule has 1 aliphatic rings. The summed E-state index contributed by atoms with van der Waals surface area (Å²) in [6.45, 7) is 7.57. The van der Waals surface area contributed by atoms with Crippen LogP contribution in [0.1, 0.15) is 43.6 Å². The summed E-state index contributed by atoms with van der Waals surface area (Å²) in [5.74, 6) is -0.557. The molecule has 182 valence electrons. The normalized spacial score (nSPS) is 13.4. The maximum Gasteiger partial charge on any atom is 0.251 e. The van der Waals surface area contributed by atoms with E-state index in [4.69, 9.17) is 0 Å². The highest BCUT2D eigenvalue weighted by Gasteiger charge is 2.25. The van der Waals surface area contributed by atoms with Crippen LogP contribution in [0.15, 0.2) is 47.4 Å². The highest BCUT2D eigenvalue weighted by atomic mass is 32.2. The quantitative estimate of drug-likeness (QED) is 0.518. The lowest BCUT2D eigenvalue weighted by Gasteiger charge is -2.17. The van der Waals surface area contributed by atoms with Gasteiger partial charge in [0.15, 0.2) is 0 Å². The molecule has 1 heterocycles. The fourth-order valence-electron chi connectivity index (χ4n) is 3.44. The van der Waals surface area contributed by atoms with Crippen molar-refractivity contribution in [3.05, 3.63) is 53.6 Å². The Kier molecular flexibility index (Phi) is 7.42. The number of amides is 3. The van der Waals surface area contributed by atoms with E-state index in [1.807, 2.05) is 20.8 Å². The topological polar surface area (TPSA) is 125 Å². The fourth-order valence-corrected chi connectivity index (χ4v) is 4.52. The Labute approximate surface area is 200 Å². The average molecular weight is 487 g/mol. The van der Waals surface area contributed by atoms with Crippen molar-refractivity contribution in [2.45, 2.75) is 39.0 Å². The van der Waals surface area contributed by atoms with Crippen LogP contribution >= 0.6 is 0 Å². The molecule has 0 spiro atoms. The van der Waals surface area contributed by atoms with E-state index in [9.17, 15) is 22.8 Å². The molecule has 0 fully saturated rings. The SMILES string of the molecule is CC(=O)N1CCc2cc(S(=O)(=O)NCCNC(=O)c3ccc(NC(=O)C(C)(C)C)cc3)ccc21. The standard InChI is InChI=1S/C24H30N4O5S/c1-16(29)28-14-11-18-15-20(9-10-21(18)28)34(32,33)26-13-12-25-22(30)17-5-7-19(8-6-17)27-23(31)24(2,3)4/h5-10,15,26H,11-14H2,1-4H3,(H,25,30)(H,27,31). The van der Waals surface area contributed by atoms with Crippen molar-refractivity contribution in [3.63, 3.8) is 0 Å². The molecule has 0 unspecified atom stereocenters. The van der Waals surface area contributed by atoms with Gasteiger partial charge in [-0.05, 0) is 54.4 Å². The summed E-state index contributed by atoms with van der Waals surface area (Å²) in [4.78, 5) is 37.8. The molecular weight excluding hydrogens is 456 g/mol. The van der Waals surface area contributed by atoms with E-state index in [-0.39, 0.29) is 35.7 Å². The Morgan fingerprint density at radius 2 is 1.68 bits per heavy atom. The smallest absolute Gasteiger partial charge is 0.251 e. The number of carbonyl (C=O) groups is 3. The van der Waals surface area contributed by atoms with Gasteiger partial charge in [-0.15, -0.1) is 0 Å². The van der Waals surface area contributed by atoms with Crippen molar-refractivity contribution in [1.29, 1.82) is 0 Å². The molecule has 2 aromatic carbocycles. The van der Waals surface area contributed by atoms with Gasteiger partial charge in [0.05, 0.1) is 4.90 Å². The van der Waals surface area contributed by atoms with Crippen LogP contribution in [0.3, 0.4) is 0 Å². The number of nitrogens with one attached hydrogen (secondary N) is 3. The van der Waals surface area contributed by atoms with Gasteiger partial charge in [0.1, 0.15) is 0 Å². The third-order valence-electron chi connectivity index (χ3n) is 5.43. The molecule has 0 saturated heterocycles. The molecule has 3 N–H and O–H groups in total. The largest absolute Gasteiger partial charge is 0.351 e. The molecule has 0 aliphatic carbocycles. The van der Waals surface area contributed by atoms with Gasteiger partial charge in [-0.25, -0.2) is 13.1 Å². The molecule has 3 rings (SSSR count). The number of hydrogen-bond acceptors (Lipinski definition) is 5. The van der Waals surface area contributed by atoms with Crippen LogP contribution in [0.5, 0.6) is 0 Å². The van der Waals surface area contributed by atoms with Crippen LogP contribution in [0.2, 0.25) is 0 Å². The molecule has 0 bridgehead atoms. The van der Waals surface area contributed by atoms with Crippen molar-refractivity contribution in [3.8, 4) is 0 Å². The van der Waals surface area contributed by atoms with Crippen LogP contribution in [0.25, 0.3) is 0 Å². The minimum absolute atomic E-state index is 0.0183. The molecule has 0 atom stereocenters. The molecule has 10 heteroatoms. The Hall–Kier alpha value is -3.24. The average Bonchev–Trinajstić information content (AvgIpc) is 3.20. The van der Waals surface area contributed by atoms with Crippen molar-refractivity contribution in [2.24, 2.45) is 5.41 Å². The van der Waals surface area contributed by atoms with E-state index in [1.54, 1.807) is 41.3 Å². The van der Waals surface area contributed by atoms with Crippen molar-refractivity contribution in [1.82, 2.24) is 10.0 Å². The van der Waals surface area contributed by atoms with Crippen molar-refractivity contribution in [2.75, 3.05) is 29.9 Å². The molecule has 0 saturated carbocycles. The fraction of sp³-hybridized carbons (Fsp3) is 0.375. The molecule has 34 heavy (non-hydrogen) atoms. The van der Waals surface area contributed by atoms with E-state index in [0.29, 0.717) is 24.2 Å². The number of anilines is 2. The second-order valence-electron chi connectivity index (χ2n) is 9.15. The van der Waals surface area contributed by atoms with Gasteiger partial charge in [0, 0.05) is 48.9 Å². The highest BCUT2D eigenvalue weighted by Crippen LogP contribution is 2.30. The summed E-state index contributed by atoms with van der Waals surface area (Å²) >= 11 is 0. The van der Waals surface area contributed by atoms with Crippen molar-refractivity contribution < 1.29 is 22.8 Å². The molecule has 0 aromatic heterocycles. The van der Waals surface area contributed by atoms with E-state index < -0.39 is 15.4 Å². The summed E-state index contributed by atoms with van der Waals surface area (Å²) in [6, 6.07) is 11.2. The molecular formula is C24H30N4O5S. The first kappa shape index (κ1) is 25.4. The molecule has 9 nitrogen and oxygen atoms in total. The predicted octanol–water partition coefficient (Wildman–Crippen LogP) is 2.29. The number of rotatable bonds is 7. The summed E-state index contributed by atoms with van der Waals surface area (Å²) < 4.78 is 27.7. The Morgan fingerprint density at radius 1 is 1.00 bits per heavy atom. The number of sulfonamides is 1. The molecule has 1 aliphatic heterocycles. The third-order valence-corrected chi connectivity index (χ3v) is 6.88. The number of nitrogens with zero attached hydrogens (tertiary/aromatic N) is 1.